The van der Waals surface area contributed by atoms with Gasteiger partial charge in [0.15, 0.2) is 5.69 Å². The zero-order valence-electron chi connectivity index (χ0n) is 15.9. The number of hydrogen-bond acceptors (Lipinski definition) is 5. The fourth-order valence-electron chi connectivity index (χ4n) is 2.78. The summed E-state index contributed by atoms with van der Waals surface area (Å²) in [5.74, 6) is -1.29. The minimum absolute atomic E-state index is 0.0534. The Hall–Kier alpha value is -3.14. The van der Waals surface area contributed by atoms with Gasteiger partial charge in [-0.3, -0.25) is 4.79 Å². The molecule has 0 atom stereocenters. The van der Waals surface area contributed by atoms with Crippen LogP contribution in [-0.4, -0.2) is 28.3 Å². The number of amides is 1. The smallest absolute Gasteiger partial charge is 0.434 e. The van der Waals surface area contributed by atoms with Crippen LogP contribution >= 0.6 is 11.3 Å². The Morgan fingerprint density at radius 1 is 1.20 bits per heavy atom. The highest BCUT2D eigenvalue weighted by Gasteiger charge is 2.41. The van der Waals surface area contributed by atoms with Crippen molar-refractivity contribution in [3.63, 3.8) is 0 Å². The van der Waals surface area contributed by atoms with Crippen molar-refractivity contribution in [3.05, 3.63) is 64.1 Å². The standard InChI is InChI=1S/C20H18F3N3O3S/c1-2-29-19(28)16-12-24-26(18(16)20(21,22)23)14-7-5-13(6-8-14)25-17(27)10-9-15-4-3-11-30-15/h3-8,11-12H,2,9-10H2,1H3,(H,25,27). The second kappa shape index (κ2) is 9.12. The van der Waals surface area contributed by atoms with Crippen molar-refractivity contribution in [2.24, 2.45) is 0 Å². The molecule has 0 radical (unpaired) electrons. The SMILES string of the molecule is CCOC(=O)c1cnn(-c2ccc(NC(=O)CCc3cccs3)cc2)c1C(F)(F)F. The molecule has 1 amide bonds. The third kappa shape index (κ3) is 5.07. The number of aryl methyl sites for hydroxylation is 1. The summed E-state index contributed by atoms with van der Waals surface area (Å²) in [5, 5.41) is 8.36. The number of hydrogen-bond donors (Lipinski definition) is 1. The first kappa shape index (κ1) is 21.6. The highest BCUT2D eigenvalue weighted by atomic mass is 32.1. The fourth-order valence-corrected chi connectivity index (χ4v) is 3.49. The minimum atomic E-state index is -4.81. The van der Waals surface area contributed by atoms with Gasteiger partial charge in [-0.25, -0.2) is 9.48 Å². The summed E-state index contributed by atoms with van der Waals surface area (Å²) < 4.78 is 46.0. The molecule has 0 saturated carbocycles. The maximum absolute atomic E-state index is 13.6. The largest absolute Gasteiger partial charge is 0.462 e. The van der Waals surface area contributed by atoms with Crippen LogP contribution in [0.4, 0.5) is 18.9 Å². The maximum Gasteiger partial charge on any atom is 0.434 e. The van der Waals surface area contributed by atoms with Crippen LogP contribution in [0.25, 0.3) is 5.69 Å². The molecule has 6 nitrogen and oxygen atoms in total. The second-order valence-corrected chi connectivity index (χ2v) is 7.24. The Bertz CT molecular complexity index is 1010. The van der Waals surface area contributed by atoms with Crippen LogP contribution in [0.3, 0.4) is 0 Å². The lowest BCUT2D eigenvalue weighted by Gasteiger charge is -2.13. The molecule has 2 heterocycles. The summed E-state index contributed by atoms with van der Waals surface area (Å²) in [6.45, 7) is 1.45. The highest BCUT2D eigenvalue weighted by molar-refractivity contribution is 7.09. The van der Waals surface area contributed by atoms with Crippen molar-refractivity contribution in [3.8, 4) is 5.69 Å². The Morgan fingerprint density at radius 3 is 2.53 bits per heavy atom. The van der Waals surface area contributed by atoms with E-state index in [2.05, 4.69) is 15.2 Å². The van der Waals surface area contributed by atoms with Crippen molar-refractivity contribution in [1.29, 1.82) is 0 Å². The van der Waals surface area contributed by atoms with Gasteiger partial charge in [0.1, 0.15) is 5.56 Å². The number of carbonyl (C=O) groups excluding carboxylic acids is 2. The molecule has 0 aliphatic rings. The summed E-state index contributed by atoms with van der Waals surface area (Å²) in [4.78, 5) is 25.0. The topological polar surface area (TPSA) is 73.2 Å². The normalized spacial score (nSPS) is 11.3. The van der Waals surface area contributed by atoms with Gasteiger partial charge in [0, 0.05) is 17.0 Å². The molecular weight excluding hydrogens is 419 g/mol. The molecule has 0 aliphatic heterocycles. The molecule has 1 aromatic carbocycles. The molecular formula is C20H18F3N3O3S. The number of alkyl halides is 3. The van der Waals surface area contributed by atoms with Gasteiger partial charge in [0.05, 0.1) is 18.5 Å². The van der Waals surface area contributed by atoms with E-state index >= 15 is 0 Å². The van der Waals surface area contributed by atoms with Crippen LogP contribution in [0.2, 0.25) is 0 Å². The second-order valence-electron chi connectivity index (χ2n) is 6.21. The van der Waals surface area contributed by atoms with Crippen LogP contribution in [0.1, 0.15) is 34.3 Å². The Labute approximate surface area is 174 Å². The first-order valence-electron chi connectivity index (χ1n) is 9.04. The molecule has 0 aliphatic carbocycles. The van der Waals surface area contributed by atoms with Crippen LogP contribution in [0, 0.1) is 0 Å². The number of esters is 1. The number of halogens is 3. The lowest BCUT2D eigenvalue weighted by molar-refractivity contribution is -0.143. The van der Waals surface area contributed by atoms with Gasteiger partial charge < -0.3 is 10.1 Å². The van der Waals surface area contributed by atoms with E-state index in [0.29, 0.717) is 23.2 Å². The molecule has 2 aromatic heterocycles. The Morgan fingerprint density at radius 2 is 1.93 bits per heavy atom. The molecule has 0 bridgehead atoms. The van der Waals surface area contributed by atoms with E-state index in [-0.39, 0.29) is 18.2 Å². The average Bonchev–Trinajstić information content (AvgIpc) is 3.37. The number of nitrogens with zero attached hydrogens (tertiary/aromatic N) is 2. The van der Waals surface area contributed by atoms with E-state index < -0.39 is 23.4 Å². The van der Waals surface area contributed by atoms with Crippen LogP contribution in [0.5, 0.6) is 0 Å². The number of rotatable bonds is 7. The predicted molar refractivity (Wildman–Crippen MR) is 106 cm³/mol. The van der Waals surface area contributed by atoms with Crippen LogP contribution in [-0.2, 0) is 22.1 Å². The molecule has 0 fully saturated rings. The molecule has 3 rings (SSSR count). The number of nitrogens with one attached hydrogen (secondary N) is 1. The van der Waals surface area contributed by atoms with E-state index in [4.69, 9.17) is 0 Å². The zero-order chi connectivity index (χ0) is 21.7. The minimum Gasteiger partial charge on any atom is -0.462 e. The quantitative estimate of drug-likeness (QED) is 0.544. The first-order valence-corrected chi connectivity index (χ1v) is 9.92. The van der Waals surface area contributed by atoms with E-state index in [1.807, 2.05) is 17.5 Å². The van der Waals surface area contributed by atoms with Crippen LogP contribution in [0.15, 0.2) is 48.0 Å². The Balaban J connectivity index is 1.75. The number of anilines is 1. The first-order chi connectivity index (χ1) is 14.3. The molecule has 0 unspecified atom stereocenters. The predicted octanol–water partition coefficient (Wildman–Crippen LogP) is 4.70. The van der Waals surface area contributed by atoms with Gasteiger partial charge in [-0.1, -0.05) is 6.07 Å². The summed E-state index contributed by atoms with van der Waals surface area (Å²) in [7, 11) is 0. The number of aromatic nitrogens is 2. The third-order valence-electron chi connectivity index (χ3n) is 4.11. The average molecular weight is 437 g/mol. The summed E-state index contributed by atoms with van der Waals surface area (Å²) in [6.07, 6.45) is -3.07. The highest BCUT2D eigenvalue weighted by Crippen LogP contribution is 2.34. The van der Waals surface area contributed by atoms with Crippen LogP contribution < -0.4 is 5.32 Å². The van der Waals surface area contributed by atoms with Gasteiger partial charge in [-0.2, -0.15) is 18.3 Å². The number of ether oxygens (including phenoxy) is 1. The van der Waals surface area contributed by atoms with Gasteiger partial charge >= 0.3 is 12.1 Å². The van der Waals surface area contributed by atoms with Crippen molar-refractivity contribution >= 4 is 28.9 Å². The molecule has 10 heteroatoms. The maximum atomic E-state index is 13.6. The summed E-state index contributed by atoms with van der Waals surface area (Å²) in [6, 6.07) is 9.57. The summed E-state index contributed by atoms with van der Waals surface area (Å²) >= 11 is 1.57. The molecule has 1 N–H and O–H groups in total. The van der Waals surface area contributed by atoms with E-state index in [1.165, 1.54) is 31.2 Å². The third-order valence-corrected chi connectivity index (χ3v) is 5.04. The molecule has 3 aromatic rings. The molecule has 30 heavy (non-hydrogen) atoms. The van der Waals surface area contributed by atoms with Gasteiger partial charge in [-0.15, -0.1) is 11.3 Å². The summed E-state index contributed by atoms with van der Waals surface area (Å²) in [5.41, 5.74) is -1.33. The molecule has 0 spiro atoms. The van der Waals surface area contributed by atoms with E-state index in [1.54, 1.807) is 11.3 Å². The van der Waals surface area contributed by atoms with Crippen molar-refractivity contribution in [2.45, 2.75) is 25.9 Å². The lowest BCUT2D eigenvalue weighted by Crippen LogP contribution is -2.18. The van der Waals surface area contributed by atoms with Gasteiger partial charge in [0.2, 0.25) is 5.91 Å². The number of thiophene rings is 1. The van der Waals surface area contributed by atoms with Crippen molar-refractivity contribution in [2.75, 3.05) is 11.9 Å². The van der Waals surface area contributed by atoms with E-state index in [9.17, 15) is 22.8 Å². The monoisotopic (exact) mass is 437 g/mol. The Kier molecular flexibility index (Phi) is 6.56. The number of carbonyl (C=O) groups is 2. The zero-order valence-corrected chi connectivity index (χ0v) is 16.7. The lowest BCUT2D eigenvalue weighted by atomic mass is 10.2. The fraction of sp³-hybridized carbons (Fsp3) is 0.250. The number of benzene rings is 1. The van der Waals surface area contributed by atoms with Gasteiger partial charge in [0.25, 0.3) is 0 Å². The van der Waals surface area contributed by atoms with Gasteiger partial charge in [-0.05, 0) is 49.1 Å². The van der Waals surface area contributed by atoms with E-state index in [0.717, 1.165) is 11.1 Å². The van der Waals surface area contributed by atoms with Crippen molar-refractivity contribution in [1.82, 2.24) is 9.78 Å². The van der Waals surface area contributed by atoms with Crippen molar-refractivity contribution < 1.29 is 27.5 Å². The molecule has 0 saturated heterocycles. The molecule has 158 valence electrons.